The number of halogens is 1. The summed E-state index contributed by atoms with van der Waals surface area (Å²) in [5.74, 6) is 0. The predicted molar refractivity (Wildman–Crippen MR) is 126 cm³/mol. The number of hydrogen-bond acceptors (Lipinski definition) is 0. The summed E-state index contributed by atoms with van der Waals surface area (Å²) in [4.78, 5) is 0. The fourth-order valence-corrected chi connectivity index (χ4v) is 3.92. The zero-order chi connectivity index (χ0) is 20.3. The molecule has 0 unspecified atom stereocenters. The maximum absolute atomic E-state index is 2.39. The molecule has 168 valence electrons. The van der Waals surface area contributed by atoms with Crippen molar-refractivity contribution < 1.29 is 16.9 Å². The summed E-state index contributed by atoms with van der Waals surface area (Å²) < 4.78 is 0.933. The second-order valence-corrected chi connectivity index (χ2v) is 9.19. The van der Waals surface area contributed by atoms with Crippen molar-refractivity contribution in [2.24, 2.45) is 0 Å². The Bertz CT molecular complexity index is 481. The number of nitrogens with zero attached hydrogens (tertiary/aromatic N) is 1. The van der Waals surface area contributed by atoms with Crippen LogP contribution in [0.1, 0.15) is 109 Å². The van der Waals surface area contributed by atoms with E-state index in [1.165, 1.54) is 102 Å². The van der Waals surface area contributed by atoms with E-state index in [0.29, 0.717) is 0 Å². The first-order valence-electron chi connectivity index (χ1n) is 12.2. The van der Waals surface area contributed by atoms with Crippen molar-refractivity contribution >= 4 is 0 Å². The Morgan fingerprint density at radius 3 is 1.59 bits per heavy atom. The molecule has 1 rings (SSSR count). The van der Waals surface area contributed by atoms with Crippen molar-refractivity contribution in [1.29, 1.82) is 0 Å². The first-order chi connectivity index (χ1) is 13.6. The topological polar surface area (TPSA) is 0 Å². The normalized spacial score (nSPS) is 11.7. The average Bonchev–Trinajstić information content (AvgIpc) is 2.68. The van der Waals surface area contributed by atoms with Crippen LogP contribution in [0, 0.1) is 0 Å². The molecule has 1 aromatic carbocycles. The van der Waals surface area contributed by atoms with Gasteiger partial charge in [0.15, 0.2) is 0 Å². The van der Waals surface area contributed by atoms with Gasteiger partial charge < -0.3 is 12.4 Å². The average molecular weight is 422 g/mol. The van der Waals surface area contributed by atoms with Gasteiger partial charge in [0.1, 0.15) is 6.54 Å². The van der Waals surface area contributed by atoms with Crippen LogP contribution in [0.2, 0.25) is 0 Å². The Morgan fingerprint density at radius 2 is 1.10 bits per heavy atom. The first-order valence-corrected chi connectivity index (χ1v) is 12.2. The van der Waals surface area contributed by atoms with Crippen LogP contribution in [-0.2, 0) is 6.54 Å². The van der Waals surface area contributed by atoms with Crippen molar-refractivity contribution in [2.45, 2.75) is 110 Å². The van der Waals surface area contributed by atoms with Gasteiger partial charge in [-0.15, -0.1) is 0 Å². The number of allylic oxidation sites excluding steroid dienone is 1. The van der Waals surface area contributed by atoms with Crippen molar-refractivity contribution in [2.75, 3.05) is 14.1 Å². The molecular formula is C27H48ClN. The maximum atomic E-state index is 2.39. The molecule has 0 fully saturated rings. The first kappa shape index (κ1) is 28.2. The van der Waals surface area contributed by atoms with Gasteiger partial charge in [-0.3, -0.25) is 4.48 Å². The van der Waals surface area contributed by atoms with Crippen molar-refractivity contribution in [3.8, 4) is 0 Å². The smallest absolute Gasteiger partial charge is 0.108 e. The predicted octanol–water partition coefficient (Wildman–Crippen LogP) is 5.65. The largest absolute Gasteiger partial charge is 1.00 e. The lowest BCUT2D eigenvalue weighted by atomic mass is 10.0. The third kappa shape index (κ3) is 17.8. The summed E-state index contributed by atoms with van der Waals surface area (Å²) in [6.07, 6.45) is 26.1. The molecular weight excluding hydrogens is 374 g/mol. The Morgan fingerprint density at radius 1 is 0.655 bits per heavy atom. The van der Waals surface area contributed by atoms with E-state index in [-0.39, 0.29) is 12.4 Å². The lowest BCUT2D eigenvalue weighted by Gasteiger charge is -2.25. The second-order valence-electron chi connectivity index (χ2n) is 9.19. The van der Waals surface area contributed by atoms with E-state index in [0.717, 1.165) is 11.0 Å². The van der Waals surface area contributed by atoms with Gasteiger partial charge in [0, 0.05) is 5.56 Å². The highest BCUT2D eigenvalue weighted by atomic mass is 35.5. The summed E-state index contributed by atoms with van der Waals surface area (Å²) in [6, 6.07) is 10.8. The highest BCUT2D eigenvalue weighted by Gasteiger charge is 2.11. The Labute approximate surface area is 189 Å². The molecule has 1 nitrogen and oxygen atoms in total. The molecule has 0 spiro atoms. The fraction of sp³-hybridized carbons (Fsp3) is 0.704. The van der Waals surface area contributed by atoms with E-state index in [4.69, 9.17) is 0 Å². The second kappa shape index (κ2) is 19.2. The Balaban J connectivity index is 0.00000784. The number of benzene rings is 1. The standard InChI is InChI=1S/C27H48N.ClH/c1-4-5-6-7-8-9-10-11-12-13-14-15-16-17-18-22-25-28(2,3)26-27-23-20-19-21-24-27;/h19-25H,4-18,26H2,1-3H3;1H/q+1;/p-1. The van der Waals surface area contributed by atoms with Crippen molar-refractivity contribution in [1.82, 2.24) is 0 Å². The van der Waals surface area contributed by atoms with E-state index >= 15 is 0 Å². The van der Waals surface area contributed by atoms with Crippen LogP contribution in [0.4, 0.5) is 0 Å². The highest BCUT2D eigenvalue weighted by molar-refractivity contribution is 5.13. The molecule has 0 aliphatic rings. The molecule has 0 bridgehead atoms. The zero-order valence-electron chi connectivity index (χ0n) is 19.7. The van der Waals surface area contributed by atoms with E-state index in [1.54, 1.807) is 0 Å². The molecule has 0 atom stereocenters. The third-order valence-electron chi connectivity index (χ3n) is 5.67. The molecule has 0 heterocycles. The van der Waals surface area contributed by atoms with Crippen LogP contribution in [-0.4, -0.2) is 18.6 Å². The number of rotatable bonds is 18. The molecule has 0 N–H and O–H groups in total. The van der Waals surface area contributed by atoms with E-state index in [9.17, 15) is 0 Å². The van der Waals surface area contributed by atoms with Crippen molar-refractivity contribution in [3.63, 3.8) is 0 Å². The van der Waals surface area contributed by atoms with Crippen molar-refractivity contribution in [3.05, 3.63) is 48.2 Å². The molecule has 0 saturated heterocycles. The third-order valence-corrected chi connectivity index (χ3v) is 5.67. The van der Waals surface area contributed by atoms with Gasteiger partial charge in [0.2, 0.25) is 0 Å². The number of hydrogen-bond donors (Lipinski definition) is 0. The van der Waals surface area contributed by atoms with E-state index < -0.39 is 0 Å². The molecule has 0 aromatic heterocycles. The quantitative estimate of drug-likeness (QED) is 0.212. The Hall–Kier alpha value is -0.790. The monoisotopic (exact) mass is 421 g/mol. The van der Waals surface area contributed by atoms with Gasteiger partial charge in [0.25, 0.3) is 0 Å². The molecule has 0 saturated carbocycles. The molecule has 0 radical (unpaired) electrons. The summed E-state index contributed by atoms with van der Waals surface area (Å²) in [5, 5.41) is 0. The van der Waals surface area contributed by atoms with Crippen LogP contribution in [0.3, 0.4) is 0 Å². The van der Waals surface area contributed by atoms with E-state index in [1.807, 2.05) is 0 Å². The lowest BCUT2D eigenvalue weighted by molar-refractivity contribution is -0.852. The molecule has 1 aromatic rings. The van der Waals surface area contributed by atoms with Gasteiger partial charge in [0.05, 0.1) is 20.3 Å². The van der Waals surface area contributed by atoms with Gasteiger partial charge in [-0.2, -0.15) is 0 Å². The minimum absolute atomic E-state index is 0. The van der Waals surface area contributed by atoms with Crippen LogP contribution in [0.5, 0.6) is 0 Å². The van der Waals surface area contributed by atoms with Crippen LogP contribution >= 0.6 is 0 Å². The van der Waals surface area contributed by atoms with Gasteiger partial charge in [-0.05, 0) is 18.9 Å². The Kier molecular flexibility index (Phi) is 18.7. The maximum Gasteiger partial charge on any atom is 0.108 e. The summed E-state index contributed by atoms with van der Waals surface area (Å²) >= 11 is 0. The number of unbranched alkanes of at least 4 members (excludes halogenated alkanes) is 14. The SMILES string of the molecule is CCCCCCCCCCCCCCCCC=C[N+](C)(C)Cc1ccccc1.[Cl-]. The van der Waals surface area contributed by atoms with Gasteiger partial charge in [-0.1, -0.05) is 121 Å². The molecule has 0 aliphatic carbocycles. The molecule has 2 heteroatoms. The molecule has 0 amide bonds. The summed E-state index contributed by atoms with van der Waals surface area (Å²) in [5.41, 5.74) is 1.41. The minimum Gasteiger partial charge on any atom is -1.00 e. The minimum atomic E-state index is 0. The van der Waals surface area contributed by atoms with E-state index in [2.05, 4.69) is 63.6 Å². The van der Waals surface area contributed by atoms with Gasteiger partial charge >= 0.3 is 0 Å². The fourth-order valence-electron chi connectivity index (χ4n) is 3.92. The van der Waals surface area contributed by atoms with Crippen LogP contribution in [0.15, 0.2) is 42.6 Å². The molecule has 29 heavy (non-hydrogen) atoms. The number of quaternary nitrogens is 1. The molecule has 0 aliphatic heterocycles. The zero-order valence-corrected chi connectivity index (χ0v) is 20.4. The highest BCUT2D eigenvalue weighted by Crippen LogP contribution is 2.14. The van der Waals surface area contributed by atoms with Gasteiger partial charge in [-0.25, -0.2) is 0 Å². The lowest BCUT2D eigenvalue weighted by Crippen LogP contribution is -3.00. The van der Waals surface area contributed by atoms with Crippen LogP contribution in [0.25, 0.3) is 0 Å². The van der Waals surface area contributed by atoms with Crippen LogP contribution < -0.4 is 12.4 Å². The summed E-state index contributed by atoms with van der Waals surface area (Å²) in [6.45, 7) is 3.36. The summed E-state index contributed by atoms with van der Waals surface area (Å²) in [7, 11) is 4.57.